The second kappa shape index (κ2) is 8.85. The van der Waals surface area contributed by atoms with E-state index in [0.29, 0.717) is 31.4 Å². The van der Waals surface area contributed by atoms with Gasteiger partial charge in [-0.05, 0) is 56.4 Å². The molecule has 10 heteroatoms. The molecule has 2 saturated heterocycles. The van der Waals surface area contributed by atoms with Crippen LogP contribution in [0.4, 0.5) is 13.2 Å². The number of carbonyl (C=O) groups excluding carboxylic acids is 1. The minimum Gasteiger partial charge on any atom is -0.368 e. The van der Waals surface area contributed by atoms with E-state index >= 15 is 4.39 Å². The van der Waals surface area contributed by atoms with Crippen LogP contribution in [0, 0.1) is 17.0 Å². The molecular weight excluding hydrogens is 493 g/mol. The minimum atomic E-state index is -4.42. The molecule has 36 heavy (non-hydrogen) atoms. The molecule has 1 aliphatic carbocycles. The summed E-state index contributed by atoms with van der Waals surface area (Å²) in [5.41, 5.74) is 0.0154. The fourth-order valence-electron chi connectivity index (χ4n) is 5.22. The number of benzene rings is 2. The first kappa shape index (κ1) is 25.2. The van der Waals surface area contributed by atoms with Crippen LogP contribution < -0.4 is 4.72 Å². The Kier molecular flexibility index (Phi) is 6.20. The number of nitrogens with zero attached hydrogens (tertiary/aromatic N) is 1. The summed E-state index contributed by atoms with van der Waals surface area (Å²) < 4.78 is 78.5. The van der Waals surface area contributed by atoms with E-state index < -0.39 is 50.3 Å². The molecule has 2 unspecified atom stereocenters. The summed E-state index contributed by atoms with van der Waals surface area (Å²) in [4.78, 5) is 14.8. The number of ether oxygens (including phenoxy) is 1. The summed E-state index contributed by atoms with van der Waals surface area (Å²) in [7, 11) is -4.42. The lowest BCUT2D eigenvalue weighted by molar-refractivity contribution is -0.157. The summed E-state index contributed by atoms with van der Waals surface area (Å²) in [6.07, 6.45) is 1.03. The fourth-order valence-corrected chi connectivity index (χ4v) is 6.24. The van der Waals surface area contributed by atoms with Crippen molar-refractivity contribution in [2.45, 2.75) is 62.7 Å². The Bertz CT molecular complexity index is 1270. The lowest BCUT2D eigenvalue weighted by Crippen LogP contribution is -2.55. The molecule has 0 bridgehead atoms. The number of nitrogens with one attached hydrogen (secondary N) is 1. The predicted molar refractivity (Wildman–Crippen MR) is 128 cm³/mol. The normalized spacial score (nSPS) is 25.1. The van der Waals surface area contributed by atoms with Crippen molar-refractivity contribution in [2.24, 2.45) is 5.41 Å². The number of rotatable bonds is 7. The van der Waals surface area contributed by atoms with Crippen LogP contribution in [-0.2, 0) is 26.0 Å². The third-order valence-corrected chi connectivity index (χ3v) is 9.47. The monoisotopic (exact) mass is 522 g/mol. The highest BCUT2D eigenvalue weighted by molar-refractivity contribution is 7.90. The maximum atomic E-state index is 15.7. The van der Waals surface area contributed by atoms with Crippen molar-refractivity contribution < 1.29 is 31.1 Å². The zero-order valence-corrected chi connectivity index (χ0v) is 21.0. The van der Waals surface area contributed by atoms with Crippen molar-refractivity contribution in [3.8, 4) is 11.1 Å². The smallest absolute Gasteiger partial charge is 0.252 e. The molecule has 1 saturated carbocycles. The molecular formula is C26H29F3N2O4S. The summed E-state index contributed by atoms with van der Waals surface area (Å²) in [5.74, 6) is -1.59. The largest absolute Gasteiger partial charge is 0.368 e. The van der Waals surface area contributed by atoms with Crippen molar-refractivity contribution in [2.75, 3.05) is 13.2 Å². The molecule has 3 aliphatic rings. The van der Waals surface area contributed by atoms with E-state index in [4.69, 9.17) is 4.74 Å². The number of halogens is 3. The summed E-state index contributed by atoms with van der Waals surface area (Å²) in [5, 5.41) is -2.56. The van der Waals surface area contributed by atoms with Crippen LogP contribution in [-0.4, -0.2) is 55.6 Å². The molecule has 5 rings (SSSR count). The van der Waals surface area contributed by atoms with Crippen LogP contribution in [0.3, 0.4) is 0 Å². The van der Waals surface area contributed by atoms with Crippen LogP contribution in [0.2, 0.25) is 0 Å². The lowest BCUT2D eigenvalue weighted by atomic mass is 9.91. The van der Waals surface area contributed by atoms with Gasteiger partial charge < -0.3 is 9.64 Å². The zero-order valence-electron chi connectivity index (χ0n) is 20.1. The van der Waals surface area contributed by atoms with Gasteiger partial charge in [-0.1, -0.05) is 30.3 Å². The molecule has 3 atom stereocenters. The third-order valence-electron chi connectivity index (χ3n) is 7.63. The minimum absolute atomic E-state index is 0.0209. The first-order chi connectivity index (χ1) is 16.9. The van der Waals surface area contributed by atoms with E-state index in [1.807, 2.05) is 0 Å². The van der Waals surface area contributed by atoms with Gasteiger partial charge in [0.1, 0.15) is 17.7 Å². The molecule has 2 aliphatic heterocycles. The number of hydrogen-bond donors (Lipinski definition) is 1. The molecule has 3 fully saturated rings. The second-order valence-corrected chi connectivity index (χ2v) is 12.7. The maximum absolute atomic E-state index is 15.7. The fraction of sp³-hybridized carbons (Fsp3) is 0.500. The molecule has 0 radical (unpaired) electrons. The van der Waals surface area contributed by atoms with E-state index in [2.05, 4.69) is 4.72 Å². The number of carbonyl (C=O) groups is 1. The average molecular weight is 523 g/mol. The first-order valence-corrected chi connectivity index (χ1v) is 13.6. The summed E-state index contributed by atoms with van der Waals surface area (Å²) in [6, 6.07) is 9.05. The van der Waals surface area contributed by atoms with Gasteiger partial charge in [0.05, 0.1) is 12.6 Å². The molecule has 2 aromatic carbocycles. The van der Waals surface area contributed by atoms with Crippen molar-refractivity contribution in [3.05, 3.63) is 59.7 Å². The average Bonchev–Trinajstić information content (AvgIpc) is 3.49. The summed E-state index contributed by atoms with van der Waals surface area (Å²) >= 11 is 0. The Balaban J connectivity index is 1.55. The number of alkyl halides is 1. The Labute approximate surface area is 208 Å². The van der Waals surface area contributed by atoms with Gasteiger partial charge in [0.15, 0.2) is 0 Å². The number of amides is 1. The molecule has 2 aromatic rings. The third kappa shape index (κ3) is 4.43. The van der Waals surface area contributed by atoms with Gasteiger partial charge in [-0.25, -0.2) is 26.3 Å². The van der Waals surface area contributed by atoms with Crippen LogP contribution in [0.15, 0.2) is 42.5 Å². The molecule has 1 amide bonds. The van der Waals surface area contributed by atoms with Gasteiger partial charge in [0.25, 0.3) is 5.91 Å². The Morgan fingerprint density at radius 2 is 1.86 bits per heavy atom. The highest BCUT2D eigenvalue weighted by Crippen LogP contribution is 2.56. The van der Waals surface area contributed by atoms with Gasteiger partial charge in [-0.15, -0.1) is 0 Å². The quantitative estimate of drug-likeness (QED) is 0.598. The van der Waals surface area contributed by atoms with Gasteiger partial charge >= 0.3 is 0 Å². The van der Waals surface area contributed by atoms with E-state index in [0.717, 1.165) is 26.0 Å². The van der Waals surface area contributed by atoms with Crippen LogP contribution in [0.1, 0.15) is 38.7 Å². The first-order valence-electron chi connectivity index (χ1n) is 12.1. The standard InChI is InChI=1S/C26H29F3N2O4S/c1-25(2,29)36(33,34)30-23-20(31(15-26(23)9-10-26)24(32)21-8-11-35-21)13-17-12-18(27)14-19(22(17)28)16-6-4-3-5-7-16/h3-7,12,14,20-21,23,30H,8-11,13,15H2,1-2H3/t20?,21-,23?/m1/s1. The molecule has 2 heterocycles. The zero-order chi connectivity index (χ0) is 25.9. The van der Waals surface area contributed by atoms with E-state index in [1.54, 1.807) is 30.3 Å². The van der Waals surface area contributed by atoms with Gasteiger partial charge in [-0.2, -0.15) is 0 Å². The highest BCUT2D eigenvalue weighted by Gasteiger charge is 2.62. The Morgan fingerprint density at radius 3 is 2.42 bits per heavy atom. The SMILES string of the molecule is CC(C)(F)S(=O)(=O)NC1C(Cc2cc(F)cc(-c3ccccc3)c2F)N(C(=O)[C@H]2CCO2)CC12CC2. The van der Waals surface area contributed by atoms with Gasteiger partial charge in [-0.3, -0.25) is 4.79 Å². The topological polar surface area (TPSA) is 75.7 Å². The van der Waals surface area contributed by atoms with Crippen molar-refractivity contribution in [1.82, 2.24) is 9.62 Å². The predicted octanol–water partition coefficient (Wildman–Crippen LogP) is 3.95. The van der Waals surface area contributed by atoms with Crippen molar-refractivity contribution in [1.29, 1.82) is 0 Å². The second-order valence-electron chi connectivity index (χ2n) is 10.5. The maximum Gasteiger partial charge on any atom is 0.252 e. The van der Waals surface area contributed by atoms with Crippen LogP contribution in [0.25, 0.3) is 11.1 Å². The highest BCUT2D eigenvalue weighted by atomic mass is 32.2. The summed E-state index contributed by atoms with van der Waals surface area (Å²) in [6.45, 7) is 2.59. The van der Waals surface area contributed by atoms with Gasteiger partial charge in [0, 0.05) is 30.0 Å². The molecule has 0 aromatic heterocycles. The van der Waals surface area contributed by atoms with Crippen LogP contribution in [0.5, 0.6) is 0 Å². The van der Waals surface area contributed by atoms with E-state index in [1.165, 1.54) is 4.90 Å². The van der Waals surface area contributed by atoms with Crippen molar-refractivity contribution >= 4 is 15.9 Å². The molecule has 6 nitrogen and oxygen atoms in total. The van der Waals surface area contributed by atoms with Gasteiger partial charge in [0.2, 0.25) is 15.0 Å². The number of likely N-dealkylation sites (tertiary alicyclic amines) is 1. The molecule has 1 N–H and O–H groups in total. The number of hydrogen-bond acceptors (Lipinski definition) is 4. The Morgan fingerprint density at radius 1 is 1.19 bits per heavy atom. The van der Waals surface area contributed by atoms with E-state index in [-0.39, 0.29) is 30.0 Å². The van der Waals surface area contributed by atoms with E-state index in [9.17, 15) is 22.0 Å². The van der Waals surface area contributed by atoms with Crippen LogP contribution >= 0.6 is 0 Å². The molecule has 1 spiro atoms. The Hall–Kier alpha value is -2.43. The number of sulfonamides is 1. The van der Waals surface area contributed by atoms with Crippen molar-refractivity contribution in [3.63, 3.8) is 0 Å². The lowest BCUT2D eigenvalue weighted by Gasteiger charge is -2.35. The molecule has 194 valence electrons.